The van der Waals surface area contributed by atoms with Crippen molar-refractivity contribution >= 4 is 69.5 Å². The summed E-state index contributed by atoms with van der Waals surface area (Å²) in [7, 11) is 0. The number of aromatic carboxylic acids is 1. The van der Waals surface area contributed by atoms with Gasteiger partial charge < -0.3 is 20.6 Å². The predicted molar refractivity (Wildman–Crippen MR) is 176 cm³/mol. The average molecular weight is 662 g/mol. The molecular weight excluding hydrogens is 631 g/mol. The molecule has 0 radical (unpaired) electrons. The van der Waals surface area contributed by atoms with Gasteiger partial charge in [0.1, 0.15) is 11.2 Å². The van der Waals surface area contributed by atoms with Crippen LogP contribution in [0.1, 0.15) is 40.7 Å². The largest absolute Gasteiger partial charge is 0.478 e. The van der Waals surface area contributed by atoms with Gasteiger partial charge in [0.25, 0.3) is 0 Å². The molecule has 5 N–H and O–H groups in total. The Morgan fingerprint density at radius 2 is 1.65 bits per heavy atom. The number of benzene rings is 3. The van der Waals surface area contributed by atoms with Gasteiger partial charge in [0, 0.05) is 46.9 Å². The number of carbonyl (C=O) groups excluding carboxylic acids is 3. The summed E-state index contributed by atoms with van der Waals surface area (Å²) in [5, 5.41) is 17.6. The number of halogens is 2. The maximum Gasteiger partial charge on any atom is 0.335 e. The predicted octanol–water partition coefficient (Wildman–Crippen LogP) is 5.12. The van der Waals surface area contributed by atoms with Crippen molar-refractivity contribution in [3.05, 3.63) is 106 Å². The lowest BCUT2D eigenvalue weighted by Gasteiger charge is -2.34. The van der Waals surface area contributed by atoms with Gasteiger partial charge in [0.05, 0.1) is 17.5 Å². The van der Waals surface area contributed by atoms with E-state index in [1.165, 1.54) is 35.2 Å². The Morgan fingerprint density at radius 1 is 0.957 bits per heavy atom. The van der Waals surface area contributed by atoms with E-state index in [1.54, 1.807) is 35.5 Å². The Bertz CT molecular complexity index is 1760. The van der Waals surface area contributed by atoms with E-state index < -0.39 is 17.9 Å². The first-order valence-electron chi connectivity index (χ1n) is 14.7. The fourth-order valence-corrected chi connectivity index (χ4v) is 5.69. The molecule has 11 nitrogen and oxygen atoms in total. The highest BCUT2D eigenvalue weighted by Crippen LogP contribution is 2.35. The Labute approximate surface area is 274 Å². The molecule has 0 bridgehead atoms. The second-order valence-electron chi connectivity index (χ2n) is 11.2. The quantitative estimate of drug-likeness (QED) is 0.189. The summed E-state index contributed by atoms with van der Waals surface area (Å²) < 4.78 is 0. The second-order valence-corrected chi connectivity index (χ2v) is 12.1. The van der Waals surface area contributed by atoms with E-state index in [4.69, 9.17) is 23.2 Å². The minimum Gasteiger partial charge on any atom is -0.478 e. The molecule has 3 amide bonds. The van der Waals surface area contributed by atoms with Crippen molar-refractivity contribution < 1.29 is 24.3 Å². The molecule has 13 heteroatoms. The highest BCUT2D eigenvalue weighted by molar-refractivity contribution is 6.31. The molecule has 46 heavy (non-hydrogen) atoms. The fourth-order valence-electron chi connectivity index (χ4n) is 5.38. The third-order valence-electron chi connectivity index (χ3n) is 7.98. The topological polar surface area (TPSA) is 143 Å². The van der Waals surface area contributed by atoms with Gasteiger partial charge in [0.15, 0.2) is 0 Å². The summed E-state index contributed by atoms with van der Waals surface area (Å²) in [5.74, 6) is -1.77. The third kappa shape index (κ3) is 7.17. The highest BCUT2D eigenvalue weighted by Gasteiger charge is 2.33. The molecule has 3 aromatic rings. The first kappa shape index (κ1) is 31.2. The number of carboxylic acids is 1. The van der Waals surface area contributed by atoms with E-state index >= 15 is 0 Å². The summed E-state index contributed by atoms with van der Waals surface area (Å²) in [6.07, 6.45) is 5.64. The summed E-state index contributed by atoms with van der Waals surface area (Å²) in [6, 6.07) is 17.5. The van der Waals surface area contributed by atoms with Crippen LogP contribution < -0.4 is 26.6 Å². The molecule has 0 aromatic heterocycles. The number of rotatable bonds is 10. The molecule has 2 heterocycles. The lowest BCUT2D eigenvalue weighted by Crippen LogP contribution is -2.49. The zero-order chi connectivity index (χ0) is 32.4. The van der Waals surface area contributed by atoms with Crippen LogP contribution in [0.3, 0.4) is 0 Å². The molecule has 1 fully saturated rings. The average Bonchev–Trinajstić information content (AvgIpc) is 3.81. The third-order valence-corrected chi connectivity index (χ3v) is 8.41. The van der Waals surface area contributed by atoms with Crippen molar-refractivity contribution in [2.75, 3.05) is 22.2 Å². The Kier molecular flexibility index (Phi) is 8.98. The normalized spacial score (nSPS) is 16.7. The van der Waals surface area contributed by atoms with Crippen molar-refractivity contribution in [1.29, 1.82) is 0 Å². The summed E-state index contributed by atoms with van der Waals surface area (Å²) in [6.45, 7) is 0.254. The number of hydrazine groups is 2. The Balaban J connectivity index is 1.25. The van der Waals surface area contributed by atoms with Crippen molar-refractivity contribution in [2.24, 2.45) is 5.92 Å². The molecule has 0 spiro atoms. The Morgan fingerprint density at radius 3 is 2.28 bits per heavy atom. The van der Waals surface area contributed by atoms with Gasteiger partial charge in [-0.05, 0) is 85.0 Å². The monoisotopic (exact) mass is 660 g/mol. The zero-order valence-corrected chi connectivity index (χ0v) is 25.9. The molecule has 0 saturated heterocycles. The number of amides is 3. The molecule has 0 unspecified atom stereocenters. The summed E-state index contributed by atoms with van der Waals surface area (Å²) in [5.41, 5.74) is 9.91. The van der Waals surface area contributed by atoms with Gasteiger partial charge in [-0.25, -0.2) is 4.79 Å². The maximum atomic E-state index is 13.8. The van der Waals surface area contributed by atoms with E-state index in [9.17, 15) is 24.3 Å². The van der Waals surface area contributed by atoms with Crippen LogP contribution >= 0.6 is 23.2 Å². The van der Waals surface area contributed by atoms with Crippen LogP contribution in [0.4, 0.5) is 17.1 Å². The number of nitrogens with zero attached hydrogens (tertiary/aromatic N) is 2. The van der Waals surface area contributed by atoms with Crippen molar-refractivity contribution in [3.63, 3.8) is 0 Å². The first-order chi connectivity index (χ1) is 22.1. The summed E-state index contributed by atoms with van der Waals surface area (Å²) >= 11 is 12.4. The van der Waals surface area contributed by atoms with Crippen molar-refractivity contribution in [2.45, 2.75) is 31.7 Å². The van der Waals surface area contributed by atoms with Gasteiger partial charge in [-0.1, -0.05) is 35.3 Å². The van der Waals surface area contributed by atoms with Crippen LogP contribution in [0.25, 0.3) is 5.57 Å². The van der Waals surface area contributed by atoms with E-state index in [1.807, 2.05) is 18.2 Å². The van der Waals surface area contributed by atoms with Crippen LogP contribution in [0.15, 0.2) is 84.2 Å². The smallest absolute Gasteiger partial charge is 0.335 e. The molecule has 3 aromatic carbocycles. The standard InChI is InChI=1S/C33H30Cl2N6O5/c34-23-7-12-27(41-18-29(35)38-39-41)26(17-23)22-13-14-40(30(42)16-22)28(32(44)37-25-10-5-21(6-11-25)33(45)46)15-19-1-8-24(9-2-19)36-31(43)20-3-4-20/h1-2,5-12,16-18,20,28,38-39H,3-4,13-15H2,(H,36,43)(H,37,44)(H,45,46)/t28-/m0/s1. The number of carbonyl (C=O) groups is 4. The van der Waals surface area contributed by atoms with Crippen LogP contribution in [0.5, 0.6) is 0 Å². The Hall–Kier alpha value is -4.84. The first-order valence-corrected chi connectivity index (χ1v) is 15.4. The molecule has 1 saturated carbocycles. The van der Waals surface area contributed by atoms with Gasteiger partial charge in [-0.2, -0.15) is 0 Å². The lowest BCUT2D eigenvalue weighted by atomic mass is 9.95. The van der Waals surface area contributed by atoms with Gasteiger partial charge in [-0.15, -0.1) is 5.53 Å². The van der Waals surface area contributed by atoms with Crippen LogP contribution in [0.2, 0.25) is 5.02 Å². The van der Waals surface area contributed by atoms with Crippen LogP contribution in [-0.2, 0) is 20.8 Å². The van der Waals surface area contributed by atoms with Crippen molar-refractivity contribution in [3.8, 4) is 0 Å². The SMILES string of the molecule is O=C(O)c1ccc(NC(=O)[C@H](Cc2ccc(NC(=O)C3CC3)cc2)N2CCC(c3cc(Cl)ccc3N3C=C(Cl)NN3)=CC2=O)cc1. The molecule has 6 rings (SSSR count). The van der Waals surface area contributed by atoms with Crippen LogP contribution in [0, 0.1) is 5.92 Å². The lowest BCUT2D eigenvalue weighted by molar-refractivity contribution is -0.135. The van der Waals surface area contributed by atoms with E-state index in [0.29, 0.717) is 28.0 Å². The maximum absolute atomic E-state index is 13.8. The molecule has 1 aliphatic carbocycles. The fraction of sp³-hybridized carbons (Fsp3) is 0.212. The number of hydrogen-bond acceptors (Lipinski definition) is 7. The van der Waals surface area contributed by atoms with Gasteiger partial charge in [-0.3, -0.25) is 24.8 Å². The van der Waals surface area contributed by atoms with Gasteiger partial charge >= 0.3 is 5.97 Å². The summed E-state index contributed by atoms with van der Waals surface area (Å²) in [4.78, 5) is 52.5. The van der Waals surface area contributed by atoms with E-state index in [2.05, 4.69) is 21.6 Å². The van der Waals surface area contributed by atoms with Crippen molar-refractivity contribution in [1.82, 2.24) is 15.9 Å². The van der Waals surface area contributed by atoms with Gasteiger partial charge in [0.2, 0.25) is 17.7 Å². The number of carboxylic acid groups (broad SMARTS) is 1. The van der Waals surface area contributed by atoms with Crippen LogP contribution in [-0.4, -0.2) is 46.3 Å². The van der Waals surface area contributed by atoms with E-state index in [0.717, 1.165) is 35.2 Å². The molecule has 236 valence electrons. The molecule has 3 aliphatic rings. The number of hydrogen-bond donors (Lipinski definition) is 5. The molecular formula is C33H30Cl2N6O5. The highest BCUT2D eigenvalue weighted by atomic mass is 35.5. The molecule has 2 aliphatic heterocycles. The zero-order valence-electron chi connectivity index (χ0n) is 24.4. The number of nitrogens with one attached hydrogen (secondary N) is 4. The second kappa shape index (κ2) is 13.3. The molecule has 1 atom stereocenters. The minimum atomic E-state index is -1.08. The minimum absolute atomic E-state index is 0.000758. The number of anilines is 3. The van der Waals surface area contributed by atoms with E-state index in [-0.39, 0.29) is 36.3 Å².